The molecule has 0 amide bonds. The minimum Gasteiger partial charge on any atom is -0.399 e. The molecule has 1 aromatic carbocycles. The Morgan fingerprint density at radius 2 is 2.00 bits per heavy atom. The number of nitrogens with two attached hydrogens (primary N) is 1. The molecule has 0 aromatic heterocycles. The van der Waals surface area contributed by atoms with Crippen molar-refractivity contribution in [3.63, 3.8) is 0 Å². The second-order valence-corrected chi connectivity index (χ2v) is 5.47. The molecule has 3 rings (SSSR count). The summed E-state index contributed by atoms with van der Waals surface area (Å²) in [6, 6.07) is 8.99. The molecular formula is C13H19N3. The maximum atomic E-state index is 5.73. The molecule has 2 atom stereocenters. The summed E-state index contributed by atoms with van der Waals surface area (Å²) < 4.78 is 0. The van der Waals surface area contributed by atoms with Crippen LogP contribution < -0.4 is 10.6 Å². The molecule has 3 nitrogen and oxygen atoms in total. The lowest BCUT2D eigenvalue weighted by Crippen LogP contribution is -2.51. The summed E-state index contributed by atoms with van der Waals surface area (Å²) in [7, 11) is 2.23. The summed E-state index contributed by atoms with van der Waals surface area (Å²) in [6.07, 6.45) is 1.29. The van der Waals surface area contributed by atoms with Gasteiger partial charge in [-0.05, 0) is 44.7 Å². The van der Waals surface area contributed by atoms with Crippen LogP contribution in [0.1, 0.15) is 13.3 Å². The smallest absolute Gasteiger partial charge is 0.0517 e. The van der Waals surface area contributed by atoms with Crippen molar-refractivity contribution in [3.05, 3.63) is 24.3 Å². The zero-order valence-electron chi connectivity index (χ0n) is 9.98. The van der Waals surface area contributed by atoms with Gasteiger partial charge in [-0.3, -0.25) is 4.90 Å². The molecule has 2 unspecified atom stereocenters. The molecule has 0 spiro atoms. The fourth-order valence-electron chi connectivity index (χ4n) is 3.30. The van der Waals surface area contributed by atoms with Crippen molar-refractivity contribution in [3.8, 4) is 0 Å². The predicted molar refractivity (Wildman–Crippen MR) is 67.6 cm³/mol. The number of nitrogens with zero attached hydrogens (tertiary/aromatic N) is 2. The van der Waals surface area contributed by atoms with Crippen LogP contribution in [0.2, 0.25) is 0 Å². The minimum atomic E-state index is 0.315. The summed E-state index contributed by atoms with van der Waals surface area (Å²) in [4.78, 5) is 5.02. The minimum absolute atomic E-state index is 0.315. The number of fused-ring (bicyclic) bond motifs is 2. The Morgan fingerprint density at radius 1 is 1.31 bits per heavy atom. The third kappa shape index (κ3) is 1.31. The number of likely N-dealkylation sites (tertiary alicyclic amines) is 1. The Morgan fingerprint density at radius 3 is 2.50 bits per heavy atom. The molecule has 2 aliphatic rings. The van der Waals surface area contributed by atoms with Gasteiger partial charge in [0, 0.05) is 30.5 Å². The number of anilines is 2. The molecule has 16 heavy (non-hydrogen) atoms. The zero-order valence-corrected chi connectivity index (χ0v) is 9.98. The number of hydrogen-bond donors (Lipinski definition) is 1. The van der Waals surface area contributed by atoms with E-state index < -0.39 is 0 Å². The van der Waals surface area contributed by atoms with Crippen molar-refractivity contribution in [2.24, 2.45) is 0 Å². The van der Waals surface area contributed by atoms with Gasteiger partial charge < -0.3 is 10.6 Å². The first-order valence-corrected chi connectivity index (χ1v) is 5.92. The fraction of sp³-hybridized carbons (Fsp3) is 0.538. The van der Waals surface area contributed by atoms with Gasteiger partial charge in [0.25, 0.3) is 0 Å². The van der Waals surface area contributed by atoms with Crippen molar-refractivity contribution >= 4 is 11.4 Å². The van der Waals surface area contributed by atoms with Gasteiger partial charge in [-0.15, -0.1) is 0 Å². The largest absolute Gasteiger partial charge is 0.399 e. The predicted octanol–water partition coefficient (Wildman–Crippen LogP) is 1.55. The standard InChI is InChI=1S/C13H19N3/c1-13-7-12(15(2)9-13)8-16(13)11-5-3-10(14)4-6-11/h3-6,12H,7-9,14H2,1-2H3. The molecule has 0 radical (unpaired) electrons. The highest BCUT2D eigenvalue weighted by molar-refractivity contribution is 5.56. The van der Waals surface area contributed by atoms with Crippen LogP contribution in [-0.2, 0) is 0 Å². The van der Waals surface area contributed by atoms with Gasteiger partial charge in [-0.25, -0.2) is 0 Å². The van der Waals surface area contributed by atoms with Crippen LogP contribution in [0.5, 0.6) is 0 Å². The summed E-state index contributed by atoms with van der Waals surface area (Å²) in [6.45, 7) is 4.69. The van der Waals surface area contributed by atoms with E-state index in [9.17, 15) is 0 Å². The molecular weight excluding hydrogens is 198 g/mol. The maximum absolute atomic E-state index is 5.73. The van der Waals surface area contributed by atoms with E-state index in [1.165, 1.54) is 18.7 Å². The van der Waals surface area contributed by atoms with Gasteiger partial charge in [-0.1, -0.05) is 0 Å². The number of rotatable bonds is 1. The van der Waals surface area contributed by atoms with E-state index in [4.69, 9.17) is 5.73 Å². The normalized spacial score (nSPS) is 33.6. The lowest BCUT2D eigenvalue weighted by Gasteiger charge is -2.40. The second-order valence-electron chi connectivity index (χ2n) is 5.47. The summed E-state index contributed by atoms with van der Waals surface area (Å²) in [5.74, 6) is 0. The molecule has 2 N–H and O–H groups in total. The van der Waals surface area contributed by atoms with Gasteiger partial charge in [0.2, 0.25) is 0 Å². The second kappa shape index (κ2) is 3.14. The van der Waals surface area contributed by atoms with Crippen LogP contribution in [0.4, 0.5) is 11.4 Å². The van der Waals surface area contributed by atoms with Crippen LogP contribution in [0, 0.1) is 0 Å². The lowest BCUT2D eigenvalue weighted by molar-refractivity contribution is 0.270. The summed E-state index contributed by atoms with van der Waals surface area (Å²) in [5.41, 5.74) is 8.20. The van der Waals surface area contributed by atoms with E-state index in [1.54, 1.807) is 0 Å². The molecule has 0 aliphatic carbocycles. The first kappa shape index (κ1) is 9.97. The van der Waals surface area contributed by atoms with Crippen LogP contribution >= 0.6 is 0 Å². The Hall–Kier alpha value is -1.22. The molecule has 1 aromatic rings. The van der Waals surface area contributed by atoms with Crippen molar-refractivity contribution in [1.29, 1.82) is 0 Å². The van der Waals surface area contributed by atoms with Crippen LogP contribution in [0.15, 0.2) is 24.3 Å². The molecule has 2 bridgehead atoms. The Kier molecular flexibility index (Phi) is 1.96. The van der Waals surface area contributed by atoms with Gasteiger partial charge >= 0.3 is 0 Å². The number of benzene rings is 1. The molecule has 2 aliphatic heterocycles. The van der Waals surface area contributed by atoms with Crippen LogP contribution in [0.25, 0.3) is 0 Å². The van der Waals surface area contributed by atoms with Gasteiger partial charge in [0.1, 0.15) is 0 Å². The van der Waals surface area contributed by atoms with Gasteiger partial charge in [0.05, 0.1) is 5.54 Å². The van der Waals surface area contributed by atoms with Crippen molar-refractivity contribution in [2.45, 2.75) is 24.9 Å². The van der Waals surface area contributed by atoms with E-state index in [0.717, 1.165) is 18.3 Å². The number of piperazine rings is 1. The topological polar surface area (TPSA) is 32.5 Å². The first-order chi connectivity index (χ1) is 7.58. The van der Waals surface area contributed by atoms with Crippen LogP contribution in [0.3, 0.4) is 0 Å². The van der Waals surface area contributed by atoms with Crippen LogP contribution in [-0.4, -0.2) is 36.6 Å². The molecule has 3 heteroatoms. The van der Waals surface area contributed by atoms with E-state index >= 15 is 0 Å². The number of nitrogen functional groups attached to an aromatic ring is 1. The molecule has 86 valence electrons. The Bertz CT molecular complexity index is 396. The Balaban J connectivity index is 1.90. The molecule has 2 heterocycles. The molecule has 2 saturated heterocycles. The van der Waals surface area contributed by atoms with E-state index in [-0.39, 0.29) is 0 Å². The molecule has 2 fully saturated rings. The lowest BCUT2D eigenvalue weighted by atomic mass is 10.0. The monoisotopic (exact) mass is 217 g/mol. The van der Waals surface area contributed by atoms with Crippen molar-refractivity contribution in [1.82, 2.24) is 4.90 Å². The Labute approximate surface area is 96.8 Å². The van der Waals surface area contributed by atoms with Gasteiger partial charge in [-0.2, -0.15) is 0 Å². The first-order valence-electron chi connectivity index (χ1n) is 5.92. The SMILES string of the molecule is CN1CC2(C)CC1CN2c1ccc(N)cc1. The van der Waals surface area contributed by atoms with Crippen molar-refractivity contribution < 1.29 is 0 Å². The third-order valence-corrected chi connectivity index (χ3v) is 4.14. The fourth-order valence-corrected chi connectivity index (χ4v) is 3.30. The quantitative estimate of drug-likeness (QED) is 0.724. The third-order valence-electron chi connectivity index (χ3n) is 4.14. The highest BCUT2D eigenvalue weighted by Crippen LogP contribution is 2.41. The van der Waals surface area contributed by atoms with E-state index in [1.807, 2.05) is 12.1 Å². The molecule has 0 saturated carbocycles. The number of likely N-dealkylation sites (N-methyl/N-ethyl adjacent to an activating group) is 1. The van der Waals surface area contributed by atoms with E-state index in [0.29, 0.717) is 5.54 Å². The highest BCUT2D eigenvalue weighted by Gasteiger charge is 2.50. The highest BCUT2D eigenvalue weighted by atomic mass is 15.4. The summed E-state index contributed by atoms with van der Waals surface area (Å²) >= 11 is 0. The number of hydrogen-bond acceptors (Lipinski definition) is 3. The zero-order chi connectivity index (χ0) is 11.3. The van der Waals surface area contributed by atoms with Crippen molar-refractivity contribution in [2.75, 3.05) is 30.8 Å². The average molecular weight is 217 g/mol. The summed E-state index contributed by atoms with van der Waals surface area (Å²) in [5, 5.41) is 0. The van der Waals surface area contributed by atoms with E-state index in [2.05, 4.69) is 35.9 Å². The average Bonchev–Trinajstić information content (AvgIpc) is 2.70. The maximum Gasteiger partial charge on any atom is 0.0517 e. The van der Waals surface area contributed by atoms with Gasteiger partial charge in [0.15, 0.2) is 0 Å².